The van der Waals surface area contributed by atoms with E-state index >= 15 is 0 Å². The number of carboxylic acid groups (broad SMARTS) is 1. The zero-order valence-electron chi connectivity index (χ0n) is 7.53. The van der Waals surface area contributed by atoms with Crippen molar-refractivity contribution >= 4 is 16.9 Å². The number of halogens is 1. The van der Waals surface area contributed by atoms with Gasteiger partial charge in [-0.15, -0.1) is 0 Å². The summed E-state index contributed by atoms with van der Waals surface area (Å²) in [5.41, 5.74) is -0.119. The average molecular weight is 210 g/mol. The Labute approximate surface area is 83.6 Å². The first kappa shape index (κ1) is 9.51. The molecular formula is C10H7FO4. The van der Waals surface area contributed by atoms with Crippen molar-refractivity contribution in [3.05, 3.63) is 29.8 Å². The van der Waals surface area contributed by atoms with Gasteiger partial charge in [-0.05, 0) is 12.1 Å². The molecule has 0 spiro atoms. The monoisotopic (exact) mass is 210 g/mol. The van der Waals surface area contributed by atoms with Crippen LogP contribution in [0.15, 0.2) is 22.6 Å². The summed E-state index contributed by atoms with van der Waals surface area (Å²) < 4.78 is 18.1. The molecule has 1 aromatic heterocycles. The van der Waals surface area contributed by atoms with Crippen molar-refractivity contribution in [2.24, 2.45) is 0 Å². The maximum absolute atomic E-state index is 13.2. The Bertz CT molecular complexity index is 529. The Kier molecular flexibility index (Phi) is 2.07. The first-order chi connectivity index (χ1) is 7.09. The molecule has 0 aliphatic carbocycles. The van der Waals surface area contributed by atoms with Crippen LogP contribution >= 0.6 is 0 Å². The standard InChI is InChI=1S/C10H7FO4/c11-6-3-1-2-5-9(14)7(4-8(12)13)15-10(5)6/h1-3,14H,4H2,(H,12,13). The van der Waals surface area contributed by atoms with E-state index in [-0.39, 0.29) is 22.5 Å². The summed E-state index contributed by atoms with van der Waals surface area (Å²) in [6, 6.07) is 4.05. The van der Waals surface area contributed by atoms with Gasteiger partial charge in [0, 0.05) is 0 Å². The number of aromatic hydroxyl groups is 1. The highest BCUT2D eigenvalue weighted by Crippen LogP contribution is 2.33. The third-order valence-electron chi connectivity index (χ3n) is 2.02. The number of para-hydroxylation sites is 1. The van der Waals surface area contributed by atoms with E-state index in [0.717, 1.165) is 0 Å². The van der Waals surface area contributed by atoms with Gasteiger partial charge in [0.05, 0.1) is 5.39 Å². The SMILES string of the molecule is O=C(O)Cc1oc2c(F)cccc2c1O. The fourth-order valence-electron chi connectivity index (χ4n) is 1.38. The van der Waals surface area contributed by atoms with Crippen LogP contribution in [0.1, 0.15) is 5.76 Å². The maximum Gasteiger partial charge on any atom is 0.311 e. The molecule has 2 N–H and O–H groups in total. The molecule has 1 aromatic carbocycles. The van der Waals surface area contributed by atoms with Crippen LogP contribution in [-0.4, -0.2) is 16.2 Å². The Hall–Kier alpha value is -2.04. The summed E-state index contributed by atoms with van der Waals surface area (Å²) in [7, 11) is 0. The van der Waals surface area contributed by atoms with E-state index in [1.54, 1.807) is 0 Å². The zero-order valence-corrected chi connectivity index (χ0v) is 7.53. The minimum Gasteiger partial charge on any atom is -0.504 e. The minimum absolute atomic E-state index is 0.119. The van der Waals surface area contributed by atoms with Crippen molar-refractivity contribution < 1.29 is 23.8 Å². The van der Waals surface area contributed by atoms with Gasteiger partial charge >= 0.3 is 5.97 Å². The van der Waals surface area contributed by atoms with Gasteiger partial charge in [-0.1, -0.05) is 6.07 Å². The molecular weight excluding hydrogens is 203 g/mol. The molecule has 2 rings (SSSR count). The fraction of sp³-hybridized carbons (Fsp3) is 0.100. The van der Waals surface area contributed by atoms with Gasteiger partial charge < -0.3 is 14.6 Å². The summed E-state index contributed by atoms with van der Waals surface area (Å²) in [5.74, 6) is -2.22. The summed E-state index contributed by atoms with van der Waals surface area (Å²) >= 11 is 0. The largest absolute Gasteiger partial charge is 0.504 e. The molecule has 2 aromatic rings. The molecule has 4 nitrogen and oxygen atoms in total. The lowest BCUT2D eigenvalue weighted by atomic mass is 10.2. The van der Waals surface area contributed by atoms with E-state index in [9.17, 15) is 14.3 Å². The average Bonchev–Trinajstić information content (AvgIpc) is 2.46. The molecule has 5 heteroatoms. The highest BCUT2D eigenvalue weighted by atomic mass is 19.1. The molecule has 78 valence electrons. The van der Waals surface area contributed by atoms with Crippen molar-refractivity contribution in [3.8, 4) is 5.75 Å². The van der Waals surface area contributed by atoms with E-state index in [2.05, 4.69) is 0 Å². The number of aliphatic carboxylic acids is 1. The highest BCUT2D eigenvalue weighted by molar-refractivity contribution is 5.87. The molecule has 0 amide bonds. The van der Waals surface area contributed by atoms with Crippen molar-refractivity contribution in [3.63, 3.8) is 0 Å². The van der Waals surface area contributed by atoms with Crippen molar-refractivity contribution in [2.45, 2.75) is 6.42 Å². The van der Waals surface area contributed by atoms with Crippen molar-refractivity contribution in [1.29, 1.82) is 0 Å². The van der Waals surface area contributed by atoms with Crippen LogP contribution in [0.3, 0.4) is 0 Å². The number of carbonyl (C=O) groups is 1. The van der Waals surface area contributed by atoms with Gasteiger partial charge in [0.15, 0.2) is 22.9 Å². The van der Waals surface area contributed by atoms with Crippen LogP contribution in [-0.2, 0) is 11.2 Å². The summed E-state index contributed by atoms with van der Waals surface area (Å²) in [4.78, 5) is 10.4. The van der Waals surface area contributed by atoms with Crippen LogP contribution in [0.2, 0.25) is 0 Å². The van der Waals surface area contributed by atoms with Crippen molar-refractivity contribution in [1.82, 2.24) is 0 Å². The van der Waals surface area contributed by atoms with Gasteiger partial charge in [0.1, 0.15) is 6.42 Å². The van der Waals surface area contributed by atoms with E-state index in [4.69, 9.17) is 9.52 Å². The smallest absolute Gasteiger partial charge is 0.311 e. The number of hydrogen-bond donors (Lipinski definition) is 2. The molecule has 0 saturated heterocycles. The number of fused-ring (bicyclic) bond motifs is 1. The third kappa shape index (κ3) is 1.52. The van der Waals surface area contributed by atoms with E-state index in [1.807, 2.05) is 0 Å². The van der Waals surface area contributed by atoms with Crippen LogP contribution in [0, 0.1) is 5.82 Å². The second-order valence-corrected chi connectivity index (χ2v) is 3.06. The number of carboxylic acids is 1. The number of rotatable bonds is 2. The van der Waals surface area contributed by atoms with Crippen LogP contribution in [0.5, 0.6) is 5.75 Å². The molecule has 1 heterocycles. The zero-order chi connectivity index (χ0) is 11.0. The lowest BCUT2D eigenvalue weighted by Gasteiger charge is -1.90. The second kappa shape index (κ2) is 3.27. The van der Waals surface area contributed by atoms with Crippen molar-refractivity contribution in [2.75, 3.05) is 0 Å². The van der Waals surface area contributed by atoms with Gasteiger partial charge in [-0.2, -0.15) is 0 Å². The lowest BCUT2D eigenvalue weighted by molar-refractivity contribution is -0.136. The highest BCUT2D eigenvalue weighted by Gasteiger charge is 2.17. The normalized spacial score (nSPS) is 10.7. The van der Waals surface area contributed by atoms with E-state index < -0.39 is 18.2 Å². The Morgan fingerprint density at radius 2 is 2.20 bits per heavy atom. The molecule has 0 saturated carbocycles. The molecule has 0 aliphatic heterocycles. The molecule has 15 heavy (non-hydrogen) atoms. The number of benzene rings is 1. The predicted molar refractivity (Wildman–Crippen MR) is 49.2 cm³/mol. The first-order valence-corrected chi connectivity index (χ1v) is 4.20. The van der Waals surface area contributed by atoms with Gasteiger partial charge in [-0.3, -0.25) is 4.79 Å². The fourth-order valence-corrected chi connectivity index (χ4v) is 1.38. The molecule has 0 unspecified atom stereocenters. The van der Waals surface area contributed by atoms with Crippen LogP contribution in [0.4, 0.5) is 4.39 Å². The summed E-state index contributed by atoms with van der Waals surface area (Å²) in [6.45, 7) is 0. The van der Waals surface area contributed by atoms with Gasteiger partial charge in [0.25, 0.3) is 0 Å². The third-order valence-corrected chi connectivity index (χ3v) is 2.02. The van der Waals surface area contributed by atoms with Gasteiger partial charge in [-0.25, -0.2) is 4.39 Å². The number of hydrogen-bond acceptors (Lipinski definition) is 3. The summed E-state index contributed by atoms with van der Waals surface area (Å²) in [6.07, 6.45) is -0.472. The lowest BCUT2D eigenvalue weighted by Crippen LogP contribution is -1.98. The second-order valence-electron chi connectivity index (χ2n) is 3.06. The van der Waals surface area contributed by atoms with E-state index in [0.29, 0.717) is 0 Å². The molecule has 0 radical (unpaired) electrons. The molecule has 0 aliphatic rings. The molecule has 0 atom stereocenters. The van der Waals surface area contributed by atoms with Crippen LogP contribution < -0.4 is 0 Å². The van der Waals surface area contributed by atoms with Gasteiger partial charge in [0.2, 0.25) is 0 Å². The first-order valence-electron chi connectivity index (χ1n) is 4.20. The minimum atomic E-state index is -1.15. The predicted octanol–water partition coefficient (Wildman–Crippen LogP) is 1.90. The Morgan fingerprint density at radius 1 is 1.47 bits per heavy atom. The Balaban J connectivity index is 2.64. The topological polar surface area (TPSA) is 70.7 Å². The Morgan fingerprint density at radius 3 is 2.80 bits per heavy atom. The van der Waals surface area contributed by atoms with Crippen LogP contribution in [0.25, 0.3) is 11.0 Å². The number of furan rings is 1. The van der Waals surface area contributed by atoms with E-state index in [1.165, 1.54) is 18.2 Å². The quantitative estimate of drug-likeness (QED) is 0.794. The summed E-state index contributed by atoms with van der Waals surface area (Å²) in [5, 5.41) is 18.2. The molecule has 0 fully saturated rings. The maximum atomic E-state index is 13.2. The molecule has 0 bridgehead atoms.